The van der Waals surface area contributed by atoms with Gasteiger partial charge in [0, 0.05) is 18.7 Å². The lowest BCUT2D eigenvalue weighted by molar-refractivity contribution is -0.125. The number of amides is 1. The lowest BCUT2D eigenvalue weighted by Crippen LogP contribution is -2.52. The quantitative estimate of drug-likeness (QED) is 0.832. The lowest BCUT2D eigenvalue weighted by Gasteiger charge is -2.36. The average molecular weight is 415 g/mol. The van der Waals surface area contributed by atoms with Crippen LogP contribution in [0.3, 0.4) is 0 Å². The molecule has 8 heteroatoms. The molecule has 2 aromatic carbocycles. The maximum absolute atomic E-state index is 13.3. The molecule has 0 saturated carbocycles. The molecule has 0 aromatic heterocycles. The van der Waals surface area contributed by atoms with Crippen LogP contribution in [0.5, 0.6) is 0 Å². The van der Waals surface area contributed by atoms with Crippen molar-refractivity contribution in [2.24, 2.45) is 4.40 Å². The molecular weight excluding hydrogens is 393 g/mol. The Hall–Kier alpha value is -2.74. The van der Waals surface area contributed by atoms with Crippen molar-refractivity contribution in [2.45, 2.75) is 36.6 Å². The Morgan fingerprint density at radius 2 is 2.00 bits per heavy atom. The third-order valence-electron chi connectivity index (χ3n) is 5.29. The monoisotopic (exact) mass is 415 g/mol. The number of nitrogens with one attached hydrogen (secondary N) is 1. The zero-order valence-electron chi connectivity index (χ0n) is 15.8. The molecule has 0 unspecified atom stereocenters. The summed E-state index contributed by atoms with van der Waals surface area (Å²) in [4.78, 5) is 14.9. The fourth-order valence-corrected chi connectivity index (χ4v) is 5.11. The van der Waals surface area contributed by atoms with Gasteiger partial charge in [0.1, 0.15) is 16.8 Å². The van der Waals surface area contributed by atoms with Crippen LogP contribution in [0.1, 0.15) is 30.4 Å². The SMILES string of the molecule is O=C(NCCc1cccc(F)c1)[C@@H]1CCCCN1C1=NS(=O)(=O)c2ccccc21. The average Bonchev–Trinajstić information content (AvgIpc) is 2.99. The van der Waals surface area contributed by atoms with Gasteiger partial charge in [-0.3, -0.25) is 4.79 Å². The number of halogens is 1. The summed E-state index contributed by atoms with van der Waals surface area (Å²) in [5.74, 6) is -0.109. The fraction of sp³-hybridized carbons (Fsp3) is 0.333. The zero-order valence-corrected chi connectivity index (χ0v) is 16.7. The number of hydrogen-bond donors (Lipinski definition) is 1. The van der Waals surface area contributed by atoms with E-state index in [1.807, 2.05) is 11.0 Å². The van der Waals surface area contributed by atoms with Crippen molar-refractivity contribution in [3.8, 4) is 0 Å². The molecule has 1 atom stereocenters. The van der Waals surface area contributed by atoms with Crippen molar-refractivity contribution in [2.75, 3.05) is 13.1 Å². The Kier molecular flexibility index (Phi) is 5.36. The van der Waals surface area contributed by atoms with E-state index < -0.39 is 16.1 Å². The highest BCUT2D eigenvalue weighted by molar-refractivity contribution is 7.90. The van der Waals surface area contributed by atoms with E-state index in [0.29, 0.717) is 37.3 Å². The predicted octanol–water partition coefficient (Wildman–Crippen LogP) is 2.49. The van der Waals surface area contributed by atoms with Crippen LogP contribution in [-0.4, -0.2) is 44.2 Å². The Bertz CT molecular complexity index is 1070. The van der Waals surface area contributed by atoms with Crippen molar-refractivity contribution < 1.29 is 17.6 Å². The molecular formula is C21H22FN3O3S. The number of hydrogen-bond acceptors (Lipinski definition) is 4. The van der Waals surface area contributed by atoms with Crippen LogP contribution in [0.4, 0.5) is 4.39 Å². The van der Waals surface area contributed by atoms with E-state index in [-0.39, 0.29) is 16.6 Å². The molecule has 2 aliphatic rings. The van der Waals surface area contributed by atoms with Crippen LogP contribution in [0, 0.1) is 5.82 Å². The first-order valence-corrected chi connectivity index (χ1v) is 11.1. The number of rotatable bonds is 4. The second-order valence-electron chi connectivity index (χ2n) is 7.26. The summed E-state index contributed by atoms with van der Waals surface area (Å²) in [5, 5.41) is 2.91. The molecule has 1 fully saturated rings. The second-order valence-corrected chi connectivity index (χ2v) is 8.83. The van der Waals surface area contributed by atoms with Gasteiger partial charge < -0.3 is 10.2 Å². The largest absolute Gasteiger partial charge is 0.354 e. The summed E-state index contributed by atoms with van der Waals surface area (Å²) >= 11 is 0. The van der Waals surface area contributed by atoms with E-state index in [9.17, 15) is 17.6 Å². The van der Waals surface area contributed by atoms with Crippen LogP contribution >= 0.6 is 0 Å². The first-order chi connectivity index (χ1) is 14.0. The zero-order chi connectivity index (χ0) is 20.4. The second kappa shape index (κ2) is 7.94. The van der Waals surface area contributed by atoms with Gasteiger partial charge in [-0.15, -0.1) is 4.40 Å². The normalized spacial score (nSPS) is 20.1. The molecule has 6 nitrogen and oxygen atoms in total. The van der Waals surface area contributed by atoms with E-state index in [2.05, 4.69) is 9.71 Å². The standard InChI is InChI=1S/C21H22FN3O3S/c22-16-7-5-6-15(14-16)11-12-23-21(26)18-9-3-4-13-25(18)20-17-8-1-2-10-19(17)29(27,28)24-20/h1-2,5-8,10,14,18H,3-4,9,11-13H2,(H,23,26)/t18-/m0/s1. The van der Waals surface area contributed by atoms with Gasteiger partial charge in [0.15, 0.2) is 5.84 Å². The first-order valence-electron chi connectivity index (χ1n) is 9.69. The van der Waals surface area contributed by atoms with E-state index >= 15 is 0 Å². The van der Waals surface area contributed by atoms with Crippen molar-refractivity contribution in [1.82, 2.24) is 10.2 Å². The summed E-state index contributed by atoms with van der Waals surface area (Å²) in [6.45, 7) is 0.957. The summed E-state index contributed by atoms with van der Waals surface area (Å²) in [5.41, 5.74) is 1.36. The van der Waals surface area contributed by atoms with Gasteiger partial charge in [0.25, 0.3) is 10.0 Å². The van der Waals surface area contributed by atoms with Crippen molar-refractivity contribution in [1.29, 1.82) is 0 Å². The molecule has 1 saturated heterocycles. The third kappa shape index (κ3) is 4.03. The molecule has 2 aromatic rings. The van der Waals surface area contributed by atoms with Crippen LogP contribution < -0.4 is 5.32 Å². The van der Waals surface area contributed by atoms with Crippen LogP contribution in [0.2, 0.25) is 0 Å². The van der Waals surface area contributed by atoms with Crippen LogP contribution in [0.25, 0.3) is 0 Å². The van der Waals surface area contributed by atoms with E-state index in [1.54, 1.807) is 30.3 Å². The number of benzene rings is 2. The van der Waals surface area contributed by atoms with Gasteiger partial charge in [-0.1, -0.05) is 24.3 Å². The Balaban J connectivity index is 1.49. The Labute approximate surface area is 169 Å². The highest BCUT2D eigenvalue weighted by Gasteiger charge is 2.37. The maximum Gasteiger partial charge on any atom is 0.285 e. The van der Waals surface area contributed by atoms with Crippen molar-refractivity contribution >= 4 is 21.8 Å². The van der Waals surface area contributed by atoms with Crippen LogP contribution in [0.15, 0.2) is 57.8 Å². The molecule has 0 aliphatic carbocycles. The predicted molar refractivity (Wildman–Crippen MR) is 108 cm³/mol. The molecule has 2 aliphatic heterocycles. The number of fused-ring (bicyclic) bond motifs is 1. The summed E-state index contributed by atoms with van der Waals surface area (Å²) in [6, 6.07) is 12.5. The molecule has 0 radical (unpaired) electrons. The minimum Gasteiger partial charge on any atom is -0.354 e. The smallest absolute Gasteiger partial charge is 0.285 e. The van der Waals surface area contributed by atoms with Gasteiger partial charge >= 0.3 is 0 Å². The number of sulfonamides is 1. The Morgan fingerprint density at radius 1 is 1.17 bits per heavy atom. The summed E-state index contributed by atoms with van der Waals surface area (Å²) < 4.78 is 42.1. The highest BCUT2D eigenvalue weighted by atomic mass is 32.2. The number of piperidine rings is 1. The maximum atomic E-state index is 13.3. The summed E-state index contributed by atoms with van der Waals surface area (Å²) in [7, 11) is -3.73. The van der Waals surface area contributed by atoms with Gasteiger partial charge in [0.05, 0.1) is 0 Å². The van der Waals surface area contributed by atoms with Crippen molar-refractivity contribution in [3.63, 3.8) is 0 Å². The molecule has 1 amide bonds. The van der Waals surface area contributed by atoms with Crippen LogP contribution in [-0.2, 0) is 21.2 Å². The number of carbonyl (C=O) groups is 1. The molecule has 4 rings (SSSR count). The number of nitrogens with zero attached hydrogens (tertiary/aromatic N) is 2. The lowest BCUT2D eigenvalue weighted by atomic mass is 9.99. The molecule has 0 spiro atoms. The topological polar surface area (TPSA) is 78.8 Å². The molecule has 0 bridgehead atoms. The van der Waals surface area contributed by atoms with Gasteiger partial charge in [-0.25, -0.2) is 4.39 Å². The number of likely N-dealkylation sites (tertiary alicyclic amines) is 1. The van der Waals surface area contributed by atoms with Crippen molar-refractivity contribution in [3.05, 3.63) is 65.5 Å². The minimum atomic E-state index is -3.73. The highest BCUT2D eigenvalue weighted by Crippen LogP contribution is 2.30. The fourth-order valence-electron chi connectivity index (χ4n) is 3.89. The minimum absolute atomic E-state index is 0.161. The van der Waals surface area contributed by atoms with E-state index in [1.165, 1.54) is 12.1 Å². The molecule has 1 N–H and O–H groups in total. The molecule has 29 heavy (non-hydrogen) atoms. The van der Waals surface area contributed by atoms with Gasteiger partial charge in [0.2, 0.25) is 5.91 Å². The van der Waals surface area contributed by atoms with E-state index in [0.717, 1.165) is 18.4 Å². The third-order valence-corrected chi connectivity index (χ3v) is 6.62. The van der Waals surface area contributed by atoms with E-state index in [4.69, 9.17) is 0 Å². The molecule has 2 heterocycles. The number of amidine groups is 1. The van der Waals surface area contributed by atoms with Gasteiger partial charge in [-0.05, 0) is 55.5 Å². The summed E-state index contributed by atoms with van der Waals surface area (Å²) in [6.07, 6.45) is 2.91. The Morgan fingerprint density at radius 3 is 2.83 bits per heavy atom. The molecule has 152 valence electrons. The first kappa shape index (κ1) is 19.6. The van der Waals surface area contributed by atoms with Gasteiger partial charge in [-0.2, -0.15) is 8.42 Å². The number of carbonyl (C=O) groups excluding carboxylic acids is 1.